The van der Waals surface area contributed by atoms with Gasteiger partial charge in [-0.2, -0.15) is 11.3 Å². The summed E-state index contributed by atoms with van der Waals surface area (Å²) in [5.41, 5.74) is 7.07. The van der Waals surface area contributed by atoms with Gasteiger partial charge in [0, 0.05) is 6.54 Å². The van der Waals surface area contributed by atoms with Crippen molar-refractivity contribution < 1.29 is 9.90 Å². The van der Waals surface area contributed by atoms with Gasteiger partial charge in [-0.15, -0.1) is 0 Å². The molecule has 0 saturated heterocycles. The highest BCUT2D eigenvalue weighted by atomic mass is 35.5. The minimum atomic E-state index is -0.726. The largest absolute Gasteiger partial charge is 0.397 e. The van der Waals surface area contributed by atoms with E-state index in [9.17, 15) is 9.90 Å². The van der Waals surface area contributed by atoms with Crippen molar-refractivity contribution in [3.05, 3.63) is 51.2 Å². The van der Waals surface area contributed by atoms with Gasteiger partial charge >= 0.3 is 0 Å². The number of halogens is 1. The zero-order valence-electron chi connectivity index (χ0n) is 9.97. The molecule has 0 aliphatic heterocycles. The van der Waals surface area contributed by atoms with E-state index in [4.69, 9.17) is 17.3 Å². The number of thiophene rings is 1. The molecule has 2 rings (SSSR count). The summed E-state index contributed by atoms with van der Waals surface area (Å²) in [5, 5.41) is 16.5. The molecule has 1 aromatic heterocycles. The minimum absolute atomic E-state index is 0.127. The predicted molar refractivity (Wildman–Crippen MR) is 77.5 cm³/mol. The Morgan fingerprint density at radius 1 is 1.47 bits per heavy atom. The molecule has 1 unspecified atom stereocenters. The summed E-state index contributed by atoms with van der Waals surface area (Å²) < 4.78 is 0. The molecule has 0 radical (unpaired) electrons. The number of carbonyl (C=O) groups is 1. The highest BCUT2D eigenvalue weighted by Crippen LogP contribution is 2.22. The van der Waals surface area contributed by atoms with E-state index in [0.717, 1.165) is 5.56 Å². The van der Waals surface area contributed by atoms with Crippen LogP contribution in [0, 0.1) is 0 Å². The minimum Gasteiger partial charge on any atom is -0.397 e. The fourth-order valence-electron chi connectivity index (χ4n) is 1.60. The van der Waals surface area contributed by atoms with Gasteiger partial charge in [-0.3, -0.25) is 4.79 Å². The van der Waals surface area contributed by atoms with Crippen LogP contribution in [-0.4, -0.2) is 17.6 Å². The molecule has 1 aromatic carbocycles. The molecule has 1 heterocycles. The number of hydrogen-bond donors (Lipinski definition) is 3. The van der Waals surface area contributed by atoms with E-state index < -0.39 is 6.10 Å². The average Bonchev–Trinajstić information content (AvgIpc) is 2.93. The van der Waals surface area contributed by atoms with Crippen molar-refractivity contribution in [3.63, 3.8) is 0 Å². The van der Waals surface area contributed by atoms with Crippen molar-refractivity contribution in [2.75, 3.05) is 12.3 Å². The Kier molecular flexibility index (Phi) is 4.42. The molecule has 6 heteroatoms. The number of carbonyl (C=O) groups excluding carboxylic acids is 1. The van der Waals surface area contributed by atoms with Crippen molar-refractivity contribution in [3.8, 4) is 0 Å². The maximum Gasteiger partial charge on any atom is 0.253 e. The first-order valence-corrected chi connectivity index (χ1v) is 6.94. The van der Waals surface area contributed by atoms with Crippen LogP contribution in [0.5, 0.6) is 0 Å². The van der Waals surface area contributed by atoms with Gasteiger partial charge in [0.05, 0.1) is 22.4 Å². The molecular weight excluding hydrogens is 284 g/mol. The van der Waals surface area contributed by atoms with Crippen molar-refractivity contribution in [1.29, 1.82) is 0 Å². The van der Waals surface area contributed by atoms with Crippen molar-refractivity contribution in [2.45, 2.75) is 6.10 Å². The summed E-state index contributed by atoms with van der Waals surface area (Å²) in [6.07, 6.45) is -0.726. The Bertz CT molecular complexity index is 572. The summed E-state index contributed by atoms with van der Waals surface area (Å²) in [4.78, 5) is 11.9. The Morgan fingerprint density at radius 2 is 2.26 bits per heavy atom. The van der Waals surface area contributed by atoms with E-state index in [1.807, 2.05) is 16.8 Å². The lowest BCUT2D eigenvalue weighted by Crippen LogP contribution is -2.28. The second kappa shape index (κ2) is 6.06. The first-order chi connectivity index (χ1) is 9.09. The van der Waals surface area contributed by atoms with E-state index in [-0.39, 0.29) is 18.1 Å². The third kappa shape index (κ3) is 3.26. The van der Waals surface area contributed by atoms with Crippen LogP contribution in [0.4, 0.5) is 5.69 Å². The van der Waals surface area contributed by atoms with Crippen molar-refractivity contribution >= 4 is 34.5 Å². The van der Waals surface area contributed by atoms with E-state index in [0.29, 0.717) is 10.6 Å². The highest BCUT2D eigenvalue weighted by molar-refractivity contribution is 7.07. The number of nitrogen functional groups attached to an aromatic ring is 1. The zero-order chi connectivity index (χ0) is 13.8. The van der Waals surface area contributed by atoms with Gasteiger partial charge in [0.15, 0.2) is 0 Å². The van der Waals surface area contributed by atoms with Crippen LogP contribution in [0.2, 0.25) is 5.02 Å². The maximum atomic E-state index is 11.9. The molecule has 0 spiro atoms. The van der Waals surface area contributed by atoms with Gasteiger partial charge in [-0.25, -0.2) is 0 Å². The Labute approximate surface area is 119 Å². The second-order valence-corrected chi connectivity index (χ2v) is 5.17. The number of amides is 1. The summed E-state index contributed by atoms with van der Waals surface area (Å²) >= 11 is 7.34. The molecule has 4 nitrogen and oxygen atoms in total. The van der Waals surface area contributed by atoms with Gasteiger partial charge in [-0.05, 0) is 34.5 Å². The van der Waals surface area contributed by atoms with Crippen LogP contribution in [0.25, 0.3) is 0 Å². The SMILES string of the molecule is Nc1c(Cl)cccc1C(=O)NCC(O)c1ccsc1. The third-order valence-electron chi connectivity index (χ3n) is 2.68. The summed E-state index contributed by atoms with van der Waals surface area (Å²) in [7, 11) is 0. The van der Waals surface area contributed by atoms with Gasteiger partial charge in [0.1, 0.15) is 0 Å². The Morgan fingerprint density at radius 3 is 2.95 bits per heavy atom. The van der Waals surface area contributed by atoms with E-state index >= 15 is 0 Å². The van der Waals surface area contributed by atoms with Gasteiger partial charge in [0.2, 0.25) is 0 Å². The van der Waals surface area contributed by atoms with Crippen LogP contribution in [0.3, 0.4) is 0 Å². The van der Waals surface area contributed by atoms with Crippen LogP contribution in [0.15, 0.2) is 35.0 Å². The van der Waals surface area contributed by atoms with Gasteiger partial charge in [0.25, 0.3) is 5.91 Å². The molecule has 2 aromatic rings. The van der Waals surface area contributed by atoms with Gasteiger partial charge in [-0.1, -0.05) is 17.7 Å². The molecule has 1 atom stereocenters. The summed E-state index contributed by atoms with van der Waals surface area (Å²) in [5.74, 6) is -0.353. The fraction of sp³-hybridized carbons (Fsp3) is 0.154. The normalized spacial score (nSPS) is 12.1. The quantitative estimate of drug-likeness (QED) is 0.759. The summed E-state index contributed by atoms with van der Waals surface area (Å²) in [6, 6.07) is 6.68. The Balaban J connectivity index is 2.00. The van der Waals surface area contributed by atoms with E-state index in [2.05, 4.69) is 5.32 Å². The average molecular weight is 297 g/mol. The number of benzene rings is 1. The second-order valence-electron chi connectivity index (χ2n) is 3.98. The standard InChI is InChI=1S/C13H13ClN2O2S/c14-10-3-1-2-9(12(10)15)13(18)16-6-11(17)8-4-5-19-7-8/h1-5,7,11,17H,6,15H2,(H,16,18). The first-order valence-electron chi connectivity index (χ1n) is 5.62. The third-order valence-corrected chi connectivity index (χ3v) is 3.71. The van der Waals surface area contributed by atoms with E-state index in [1.165, 1.54) is 11.3 Å². The smallest absolute Gasteiger partial charge is 0.253 e. The topological polar surface area (TPSA) is 75.4 Å². The molecular formula is C13H13ClN2O2S. The molecule has 0 aliphatic carbocycles. The Hall–Kier alpha value is -1.56. The number of para-hydroxylation sites is 1. The number of anilines is 1. The van der Waals surface area contributed by atoms with Crippen LogP contribution in [-0.2, 0) is 0 Å². The lowest BCUT2D eigenvalue weighted by Gasteiger charge is -2.12. The number of aliphatic hydroxyl groups excluding tert-OH is 1. The predicted octanol–water partition coefficient (Wildman–Crippen LogP) is 2.45. The molecule has 0 bridgehead atoms. The zero-order valence-corrected chi connectivity index (χ0v) is 11.5. The molecule has 4 N–H and O–H groups in total. The lowest BCUT2D eigenvalue weighted by atomic mass is 10.1. The molecule has 19 heavy (non-hydrogen) atoms. The van der Waals surface area contributed by atoms with Crippen molar-refractivity contribution in [1.82, 2.24) is 5.32 Å². The fourth-order valence-corrected chi connectivity index (χ4v) is 2.48. The molecule has 100 valence electrons. The van der Waals surface area contributed by atoms with Gasteiger partial charge < -0.3 is 16.2 Å². The monoisotopic (exact) mass is 296 g/mol. The van der Waals surface area contributed by atoms with E-state index in [1.54, 1.807) is 18.2 Å². The highest BCUT2D eigenvalue weighted by Gasteiger charge is 2.14. The number of aliphatic hydroxyl groups is 1. The van der Waals surface area contributed by atoms with Crippen LogP contribution >= 0.6 is 22.9 Å². The molecule has 0 aliphatic rings. The van der Waals surface area contributed by atoms with Crippen LogP contribution in [0.1, 0.15) is 22.0 Å². The number of nitrogens with one attached hydrogen (secondary N) is 1. The molecule has 0 saturated carbocycles. The lowest BCUT2D eigenvalue weighted by molar-refractivity contribution is 0.0917. The number of rotatable bonds is 4. The molecule has 0 fully saturated rings. The summed E-state index contributed by atoms with van der Waals surface area (Å²) in [6.45, 7) is 0.127. The number of nitrogens with two attached hydrogens (primary N) is 1. The van der Waals surface area contributed by atoms with Crippen LogP contribution < -0.4 is 11.1 Å². The van der Waals surface area contributed by atoms with Crippen molar-refractivity contribution in [2.24, 2.45) is 0 Å². The molecule has 1 amide bonds. The first kappa shape index (κ1) is 13.9. The number of hydrogen-bond acceptors (Lipinski definition) is 4. The maximum absolute atomic E-state index is 11.9.